The zero-order chi connectivity index (χ0) is 14.5. The smallest absolute Gasteiger partial charge is 0.273 e. The highest BCUT2D eigenvalue weighted by molar-refractivity contribution is 7.14. The second-order valence-electron chi connectivity index (χ2n) is 5.72. The lowest BCUT2D eigenvalue weighted by atomic mass is 10.1. The molecule has 0 saturated carbocycles. The number of carbonyl (C=O) groups excluding carboxylic acids is 2. The maximum Gasteiger partial charge on any atom is 0.279 e. The Labute approximate surface area is 123 Å². The summed E-state index contributed by atoms with van der Waals surface area (Å²) >= 11 is 1.56. The van der Waals surface area contributed by atoms with Gasteiger partial charge in [-0.2, -0.15) is 0 Å². The highest BCUT2D eigenvalue weighted by Crippen LogP contribution is 2.28. The number of nitrogens with one attached hydrogen (secondary N) is 2. The van der Waals surface area contributed by atoms with Crippen LogP contribution in [0.3, 0.4) is 0 Å². The minimum Gasteiger partial charge on any atom is -0.273 e. The number of amides is 2. The minimum atomic E-state index is -0.208. The summed E-state index contributed by atoms with van der Waals surface area (Å²) in [7, 11) is 0. The van der Waals surface area contributed by atoms with Crippen molar-refractivity contribution in [3.05, 3.63) is 21.4 Å². The predicted molar refractivity (Wildman–Crippen MR) is 80.6 cm³/mol. The van der Waals surface area contributed by atoms with Crippen LogP contribution in [0.25, 0.3) is 0 Å². The maximum atomic E-state index is 12.0. The maximum absolute atomic E-state index is 12.0. The van der Waals surface area contributed by atoms with E-state index in [9.17, 15) is 9.59 Å². The highest BCUT2D eigenvalue weighted by Gasteiger charge is 2.16. The molecule has 20 heavy (non-hydrogen) atoms. The summed E-state index contributed by atoms with van der Waals surface area (Å²) in [5, 5.41) is 0. The molecule has 1 aliphatic carbocycles. The lowest BCUT2D eigenvalue weighted by molar-refractivity contribution is -0.122. The van der Waals surface area contributed by atoms with E-state index in [4.69, 9.17) is 0 Å². The van der Waals surface area contributed by atoms with Gasteiger partial charge < -0.3 is 0 Å². The molecule has 2 rings (SSSR count). The molecule has 0 unspecified atom stereocenters. The summed E-state index contributed by atoms with van der Waals surface area (Å²) in [6.07, 6.45) is 6.25. The van der Waals surface area contributed by atoms with Crippen LogP contribution in [0.4, 0.5) is 0 Å². The second-order valence-corrected chi connectivity index (χ2v) is 6.86. The number of fused-ring (bicyclic) bond motifs is 1. The van der Waals surface area contributed by atoms with Gasteiger partial charge in [-0.1, -0.05) is 20.3 Å². The van der Waals surface area contributed by atoms with E-state index in [1.165, 1.54) is 29.7 Å². The SMILES string of the molecule is CC(C)CC(=O)NNC(=O)c1cc2c(s1)CCCCC2. The number of carbonyl (C=O) groups is 2. The standard InChI is InChI=1S/C15H22N2O2S/c1-10(2)8-14(18)16-17-15(19)13-9-11-6-4-3-5-7-12(11)20-13/h9-10H,3-8H2,1-2H3,(H,16,18)(H,17,19). The Morgan fingerprint density at radius 2 is 1.95 bits per heavy atom. The van der Waals surface area contributed by atoms with Gasteiger partial charge >= 0.3 is 0 Å². The number of thiophene rings is 1. The van der Waals surface area contributed by atoms with Crippen molar-refractivity contribution in [3.63, 3.8) is 0 Å². The van der Waals surface area contributed by atoms with E-state index in [0.717, 1.165) is 12.8 Å². The summed E-state index contributed by atoms with van der Waals surface area (Å²) in [4.78, 5) is 25.6. The molecule has 0 aliphatic heterocycles. The van der Waals surface area contributed by atoms with Crippen LogP contribution in [0, 0.1) is 5.92 Å². The Hall–Kier alpha value is -1.36. The molecule has 0 atom stereocenters. The van der Waals surface area contributed by atoms with Crippen molar-refractivity contribution < 1.29 is 9.59 Å². The molecule has 0 bridgehead atoms. The van der Waals surface area contributed by atoms with Gasteiger partial charge in [0.15, 0.2) is 0 Å². The molecule has 5 heteroatoms. The van der Waals surface area contributed by atoms with Gasteiger partial charge in [0, 0.05) is 11.3 Å². The van der Waals surface area contributed by atoms with Crippen LogP contribution in [-0.2, 0) is 17.6 Å². The van der Waals surface area contributed by atoms with E-state index < -0.39 is 0 Å². The van der Waals surface area contributed by atoms with E-state index in [2.05, 4.69) is 10.9 Å². The van der Waals surface area contributed by atoms with Gasteiger partial charge in [0.25, 0.3) is 5.91 Å². The van der Waals surface area contributed by atoms with Gasteiger partial charge in [0.05, 0.1) is 4.88 Å². The first-order valence-electron chi connectivity index (χ1n) is 7.27. The van der Waals surface area contributed by atoms with Crippen molar-refractivity contribution in [2.24, 2.45) is 5.92 Å². The van der Waals surface area contributed by atoms with Crippen LogP contribution in [0.15, 0.2) is 6.07 Å². The van der Waals surface area contributed by atoms with Crippen LogP contribution in [0.2, 0.25) is 0 Å². The van der Waals surface area contributed by atoms with Crippen molar-refractivity contribution in [2.75, 3.05) is 0 Å². The van der Waals surface area contributed by atoms with E-state index >= 15 is 0 Å². The molecule has 110 valence electrons. The Kier molecular flexibility index (Phi) is 5.17. The van der Waals surface area contributed by atoms with Gasteiger partial charge in [0.1, 0.15) is 0 Å². The van der Waals surface area contributed by atoms with Gasteiger partial charge in [-0.15, -0.1) is 11.3 Å². The summed E-state index contributed by atoms with van der Waals surface area (Å²) in [5.41, 5.74) is 6.29. The number of rotatable bonds is 3. The lowest BCUT2D eigenvalue weighted by Gasteiger charge is -2.07. The number of hydrogen-bond acceptors (Lipinski definition) is 3. The predicted octanol–water partition coefficient (Wildman–Crippen LogP) is 2.82. The van der Waals surface area contributed by atoms with Gasteiger partial charge in [-0.3, -0.25) is 20.4 Å². The molecule has 2 amide bonds. The molecule has 1 aliphatic rings. The first-order valence-corrected chi connectivity index (χ1v) is 8.08. The van der Waals surface area contributed by atoms with Crippen LogP contribution in [0.1, 0.15) is 59.6 Å². The summed E-state index contributed by atoms with van der Waals surface area (Å²) < 4.78 is 0. The fourth-order valence-electron chi connectivity index (χ4n) is 2.39. The number of aryl methyl sites for hydroxylation is 2. The van der Waals surface area contributed by atoms with Gasteiger partial charge in [-0.05, 0) is 43.2 Å². The molecule has 4 nitrogen and oxygen atoms in total. The fraction of sp³-hybridized carbons (Fsp3) is 0.600. The van der Waals surface area contributed by atoms with Crippen molar-refractivity contribution in [2.45, 2.75) is 52.4 Å². The first kappa shape index (κ1) is 15.0. The largest absolute Gasteiger partial charge is 0.279 e. The van der Waals surface area contributed by atoms with E-state index in [1.807, 2.05) is 19.9 Å². The zero-order valence-electron chi connectivity index (χ0n) is 12.1. The summed E-state index contributed by atoms with van der Waals surface area (Å²) in [6, 6.07) is 1.98. The number of hydrogen-bond donors (Lipinski definition) is 2. The van der Waals surface area contributed by atoms with Crippen molar-refractivity contribution in [3.8, 4) is 0 Å². The highest BCUT2D eigenvalue weighted by atomic mass is 32.1. The number of hydrazine groups is 1. The van der Waals surface area contributed by atoms with Crippen LogP contribution in [-0.4, -0.2) is 11.8 Å². The summed E-state index contributed by atoms with van der Waals surface area (Å²) in [5.74, 6) is -0.0728. The molecular weight excluding hydrogens is 272 g/mol. The Morgan fingerprint density at radius 3 is 2.70 bits per heavy atom. The van der Waals surface area contributed by atoms with Crippen LogP contribution < -0.4 is 10.9 Å². The van der Waals surface area contributed by atoms with E-state index in [-0.39, 0.29) is 17.7 Å². The Balaban J connectivity index is 1.91. The Morgan fingerprint density at radius 1 is 1.20 bits per heavy atom. The van der Waals surface area contributed by atoms with Gasteiger partial charge in [0.2, 0.25) is 5.91 Å². The first-order chi connectivity index (χ1) is 9.56. The quantitative estimate of drug-likeness (QED) is 0.665. The average molecular weight is 294 g/mol. The fourth-order valence-corrected chi connectivity index (χ4v) is 3.54. The molecule has 1 aromatic rings. The van der Waals surface area contributed by atoms with E-state index in [0.29, 0.717) is 11.3 Å². The van der Waals surface area contributed by atoms with Gasteiger partial charge in [-0.25, -0.2) is 0 Å². The van der Waals surface area contributed by atoms with Crippen molar-refractivity contribution in [1.29, 1.82) is 0 Å². The molecule has 0 spiro atoms. The molecule has 2 N–H and O–H groups in total. The van der Waals surface area contributed by atoms with E-state index in [1.54, 1.807) is 11.3 Å². The third-order valence-corrected chi connectivity index (χ3v) is 4.62. The molecule has 0 radical (unpaired) electrons. The monoisotopic (exact) mass is 294 g/mol. The third kappa shape index (κ3) is 4.07. The van der Waals surface area contributed by atoms with Crippen molar-refractivity contribution >= 4 is 23.2 Å². The zero-order valence-corrected chi connectivity index (χ0v) is 12.9. The molecular formula is C15H22N2O2S. The molecule has 0 aromatic carbocycles. The topological polar surface area (TPSA) is 58.2 Å². The minimum absolute atomic E-state index is 0.147. The van der Waals surface area contributed by atoms with Crippen LogP contribution in [0.5, 0.6) is 0 Å². The molecule has 0 saturated heterocycles. The molecule has 1 heterocycles. The third-order valence-electron chi connectivity index (χ3n) is 3.38. The second kappa shape index (κ2) is 6.88. The normalized spacial score (nSPS) is 14.6. The summed E-state index contributed by atoms with van der Waals surface area (Å²) in [6.45, 7) is 3.94. The van der Waals surface area contributed by atoms with Crippen molar-refractivity contribution in [1.82, 2.24) is 10.9 Å². The Bertz CT molecular complexity index is 471. The van der Waals surface area contributed by atoms with Crippen LogP contribution >= 0.6 is 11.3 Å². The molecule has 0 fully saturated rings. The molecule has 1 aromatic heterocycles. The lowest BCUT2D eigenvalue weighted by Crippen LogP contribution is -2.41. The average Bonchev–Trinajstić information content (AvgIpc) is 2.67.